The molecule has 0 N–H and O–H groups in total. The van der Waals surface area contributed by atoms with E-state index in [1.807, 2.05) is 0 Å². The molecule has 0 spiro atoms. The molecule has 28 heavy (non-hydrogen) atoms. The largest absolute Gasteiger partial charge is 0.257 e. The van der Waals surface area contributed by atoms with E-state index in [-0.39, 0.29) is 6.04 Å². The van der Waals surface area contributed by atoms with Crippen LogP contribution in [-0.2, 0) is 0 Å². The summed E-state index contributed by atoms with van der Waals surface area (Å²) < 4.78 is 0. The summed E-state index contributed by atoms with van der Waals surface area (Å²) in [6.07, 6.45) is 5.85. The van der Waals surface area contributed by atoms with Crippen molar-refractivity contribution in [2.24, 2.45) is 11.0 Å². The van der Waals surface area contributed by atoms with Gasteiger partial charge in [-0.15, -0.1) is 0 Å². The second-order valence-corrected chi connectivity index (χ2v) is 7.60. The zero-order valence-corrected chi connectivity index (χ0v) is 15.9. The van der Waals surface area contributed by atoms with Crippen LogP contribution in [0.4, 0.5) is 5.69 Å². The number of benzene rings is 3. The first kappa shape index (κ1) is 17.0. The molecule has 138 valence electrons. The van der Waals surface area contributed by atoms with E-state index < -0.39 is 0 Å². The van der Waals surface area contributed by atoms with Gasteiger partial charge in [0.15, 0.2) is 0 Å². The molecule has 0 bridgehead atoms. The molecular formula is C26H24N2. The predicted molar refractivity (Wildman–Crippen MR) is 117 cm³/mol. The fourth-order valence-corrected chi connectivity index (χ4v) is 4.53. The van der Waals surface area contributed by atoms with Crippen molar-refractivity contribution in [3.8, 4) is 0 Å². The minimum absolute atomic E-state index is 0.262. The van der Waals surface area contributed by atoms with E-state index in [1.165, 1.54) is 35.3 Å². The Morgan fingerprint density at radius 1 is 0.786 bits per heavy atom. The van der Waals surface area contributed by atoms with Crippen molar-refractivity contribution in [1.82, 2.24) is 0 Å². The van der Waals surface area contributed by atoms with Crippen LogP contribution in [-0.4, -0.2) is 5.71 Å². The lowest BCUT2D eigenvalue weighted by atomic mass is 9.77. The number of rotatable bonds is 3. The molecule has 2 nitrogen and oxygen atoms in total. The van der Waals surface area contributed by atoms with Crippen molar-refractivity contribution in [2.75, 3.05) is 5.01 Å². The smallest absolute Gasteiger partial charge is 0.0859 e. The zero-order valence-electron chi connectivity index (χ0n) is 15.9. The molecule has 2 aliphatic rings. The monoisotopic (exact) mass is 364 g/mol. The maximum absolute atomic E-state index is 5.20. The molecule has 0 aromatic heterocycles. The molecule has 2 unspecified atom stereocenters. The van der Waals surface area contributed by atoms with Crippen molar-refractivity contribution >= 4 is 17.5 Å². The van der Waals surface area contributed by atoms with Gasteiger partial charge in [-0.3, -0.25) is 5.01 Å². The van der Waals surface area contributed by atoms with Crippen LogP contribution in [0.2, 0.25) is 0 Å². The third-order valence-electron chi connectivity index (χ3n) is 5.80. The van der Waals surface area contributed by atoms with Gasteiger partial charge in [0.05, 0.1) is 17.4 Å². The van der Waals surface area contributed by atoms with Gasteiger partial charge in [-0.2, -0.15) is 5.10 Å². The topological polar surface area (TPSA) is 15.6 Å². The molecule has 1 aliphatic heterocycles. The standard InChI is InChI=1S/C26H24N2/c1-4-11-20(12-5-1)19-22-15-10-18-24-25(22)27-28(23-16-8-3-9-17-23)26(24)21-13-6-2-7-14-21/h1-9,11-14,16-17,19,24,26H,10,15,18H2/b22-19-. The van der Waals surface area contributed by atoms with Crippen molar-refractivity contribution in [2.45, 2.75) is 25.3 Å². The molecule has 2 atom stereocenters. The number of para-hydroxylation sites is 1. The summed E-state index contributed by atoms with van der Waals surface area (Å²) in [5.41, 5.74) is 6.43. The summed E-state index contributed by atoms with van der Waals surface area (Å²) in [6.45, 7) is 0. The van der Waals surface area contributed by atoms with Crippen LogP contribution in [0.15, 0.2) is 102 Å². The summed E-state index contributed by atoms with van der Waals surface area (Å²) in [7, 11) is 0. The number of fused-ring (bicyclic) bond motifs is 1. The molecular weight excluding hydrogens is 340 g/mol. The van der Waals surface area contributed by atoms with Gasteiger partial charge >= 0.3 is 0 Å². The maximum atomic E-state index is 5.20. The van der Waals surface area contributed by atoms with E-state index in [9.17, 15) is 0 Å². The van der Waals surface area contributed by atoms with Gasteiger partial charge in [-0.25, -0.2) is 0 Å². The molecule has 3 aromatic rings. The van der Waals surface area contributed by atoms with Crippen LogP contribution >= 0.6 is 0 Å². The molecule has 0 amide bonds. The van der Waals surface area contributed by atoms with Crippen LogP contribution in [0.1, 0.15) is 36.4 Å². The summed E-state index contributed by atoms with van der Waals surface area (Å²) in [5, 5.41) is 7.45. The Hall–Kier alpha value is -3.13. The Bertz CT molecular complexity index is 990. The van der Waals surface area contributed by atoms with Crippen LogP contribution in [0.25, 0.3) is 6.08 Å². The molecule has 3 aromatic carbocycles. The Kier molecular flexibility index (Phi) is 4.54. The van der Waals surface area contributed by atoms with E-state index in [4.69, 9.17) is 5.10 Å². The Balaban J connectivity index is 1.59. The summed E-state index contributed by atoms with van der Waals surface area (Å²) in [5.74, 6) is 0.436. The van der Waals surface area contributed by atoms with Gasteiger partial charge in [0.2, 0.25) is 0 Å². The summed E-state index contributed by atoms with van der Waals surface area (Å²) >= 11 is 0. The van der Waals surface area contributed by atoms with Gasteiger partial charge in [0.25, 0.3) is 0 Å². The quantitative estimate of drug-likeness (QED) is 0.519. The second-order valence-electron chi connectivity index (χ2n) is 7.60. The lowest BCUT2D eigenvalue weighted by Gasteiger charge is -2.30. The number of nitrogens with zero attached hydrogens (tertiary/aromatic N) is 2. The first-order valence-electron chi connectivity index (χ1n) is 10.1. The van der Waals surface area contributed by atoms with Crippen molar-refractivity contribution in [3.05, 3.63) is 108 Å². The predicted octanol–water partition coefficient (Wildman–Crippen LogP) is 6.49. The molecule has 1 saturated carbocycles. The Labute approximate surface area is 166 Å². The maximum Gasteiger partial charge on any atom is 0.0859 e. The van der Waals surface area contributed by atoms with Crippen LogP contribution < -0.4 is 5.01 Å². The first-order chi connectivity index (χ1) is 13.9. The molecule has 1 aliphatic carbocycles. The second kappa shape index (κ2) is 7.47. The average molecular weight is 364 g/mol. The zero-order chi connectivity index (χ0) is 18.8. The molecule has 0 saturated heterocycles. The van der Waals surface area contributed by atoms with Gasteiger partial charge in [-0.1, -0.05) is 78.9 Å². The van der Waals surface area contributed by atoms with E-state index in [2.05, 4.69) is 102 Å². The first-order valence-corrected chi connectivity index (χ1v) is 10.1. The third-order valence-corrected chi connectivity index (χ3v) is 5.80. The normalized spacial score (nSPS) is 22.8. The van der Waals surface area contributed by atoms with Gasteiger partial charge < -0.3 is 0 Å². The van der Waals surface area contributed by atoms with Crippen LogP contribution in [0.5, 0.6) is 0 Å². The van der Waals surface area contributed by atoms with Crippen LogP contribution in [0.3, 0.4) is 0 Å². The number of hydrogen-bond acceptors (Lipinski definition) is 2. The number of allylic oxidation sites excluding steroid dienone is 1. The summed E-state index contributed by atoms with van der Waals surface area (Å²) in [4.78, 5) is 0. The number of anilines is 1. The third kappa shape index (κ3) is 3.16. The highest BCUT2D eigenvalue weighted by Crippen LogP contribution is 2.46. The Morgan fingerprint density at radius 3 is 2.14 bits per heavy atom. The minimum Gasteiger partial charge on any atom is -0.257 e. The summed E-state index contributed by atoms with van der Waals surface area (Å²) in [6, 6.07) is 32.3. The van der Waals surface area contributed by atoms with Crippen molar-refractivity contribution in [3.63, 3.8) is 0 Å². The van der Waals surface area contributed by atoms with E-state index in [0.717, 1.165) is 12.1 Å². The molecule has 5 rings (SSSR count). The fraction of sp³-hybridized carbons (Fsp3) is 0.192. The fourth-order valence-electron chi connectivity index (χ4n) is 4.53. The number of hydrogen-bond donors (Lipinski definition) is 0. The van der Waals surface area contributed by atoms with E-state index >= 15 is 0 Å². The number of hydrazone groups is 1. The lowest BCUT2D eigenvalue weighted by Crippen LogP contribution is -2.28. The van der Waals surface area contributed by atoms with Gasteiger partial charge in [0, 0.05) is 5.92 Å². The highest BCUT2D eigenvalue weighted by molar-refractivity contribution is 6.08. The van der Waals surface area contributed by atoms with Gasteiger partial charge in [0.1, 0.15) is 0 Å². The molecule has 0 radical (unpaired) electrons. The highest BCUT2D eigenvalue weighted by Gasteiger charge is 2.41. The van der Waals surface area contributed by atoms with Gasteiger partial charge in [-0.05, 0) is 54.2 Å². The van der Waals surface area contributed by atoms with Crippen molar-refractivity contribution in [1.29, 1.82) is 0 Å². The van der Waals surface area contributed by atoms with Crippen molar-refractivity contribution < 1.29 is 0 Å². The molecule has 1 heterocycles. The highest BCUT2D eigenvalue weighted by atomic mass is 15.5. The van der Waals surface area contributed by atoms with E-state index in [0.29, 0.717) is 5.92 Å². The average Bonchev–Trinajstić information content (AvgIpc) is 3.16. The van der Waals surface area contributed by atoms with E-state index in [1.54, 1.807) is 0 Å². The van der Waals surface area contributed by atoms with Crippen LogP contribution in [0, 0.1) is 5.92 Å². The SMILES string of the molecule is C(=C1\CCCC2C1=NN(c1ccccc1)C2c1ccccc1)/c1ccccc1. The molecule has 1 fully saturated rings. The Morgan fingerprint density at radius 2 is 1.43 bits per heavy atom. The molecule has 2 heteroatoms. The lowest BCUT2D eigenvalue weighted by molar-refractivity contribution is 0.488. The minimum atomic E-state index is 0.262.